The van der Waals surface area contributed by atoms with Crippen LogP contribution in [0.4, 0.5) is 10.1 Å². The monoisotopic (exact) mass is 317 g/mol. The van der Waals surface area contributed by atoms with Gasteiger partial charge in [0.1, 0.15) is 18.0 Å². The molecule has 5 nitrogen and oxygen atoms in total. The van der Waals surface area contributed by atoms with Crippen LogP contribution in [0.25, 0.3) is 0 Å². The van der Waals surface area contributed by atoms with Gasteiger partial charge in [-0.05, 0) is 50.5 Å². The number of aromatic nitrogens is 3. The second-order valence-electron chi connectivity index (χ2n) is 6.38. The van der Waals surface area contributed by atoms with E-state index < -0.39 is 0 Å². The van der Waals surface area contributed by atoms with Crippen molar-refractivity contribution in [1.82, 2.24) is 20.1 Å². The van der Waals surface area contributed by atoms with Crippen LogP contribution in [0.5, 0.6) is 0 Å². The van der Waals surface area contributed by atoms with E-state index in [0.29, 0.717) is 6.04 Å². The molecule has 23 heavy (non-hydrogen) atoms. The summed E-state index contributed by atoms with van der Waals surface area (Å²) in [5.41, 5.74) is 2.15. The van der Waals surface area contributed by atoms with Crippen LogP contribution in [0.2, 0.25) is 0 Å². The minimum Gasteiger partial charge on any atom is -0.371 e. The second-order valence-corrected chi connectivity index (χ2v) is 6.38. The number of anilines is 1. The Morgan fingerprint density at radius 2 is 2.04 bits per heavy atom. The quantitative estimate of drug-likeness (QED) is 0.941. The van der Waals surface area contributed by atoms with E-state index in [1.807, 2.05) is 24.6 Å². The van der Waals surface area contributed by atoms with Crippen LogP contribution in [0.1, 0.15) is 37.2 Å². The maximum atomic E-state index is 13.2. The largest absolute Gasteiger partial charge is 0.371 e. The van der Waals surface area contributed by atoms with E-state index in [-0.39, 0.29) is 11.9 Å². The summed E-state index contributed by atoms with van der Waals surface area (Å²) >= 11 is 0. The van der Waals surface area contributed by atoms with E-state index in [4.69, 9.17) is 0 Å². The third-order valence-corrected chi connectivity index (χ3v) is 4.61. The zero-order valence-corrected chi connectivity index (χ0v) is 14.0. The molecule has 6 heteroatoms. The number of nitrogens with zero attached hydrogens (tertiary/aromatic N) is 4. The minimum atomic E-state index is -0.166. The Labute approximate surface area is 136 Å². The highest BCUT2D eigenvalue weighted by atomic mass is 19.1. The van der Waals surface area contributed by atoms with Crippen molar-refractivity contribution in [1.29, 1.82) is 0 Å². The van der Waals surface area contributed by atoms with Gasteiger partial charge in [0.15, 0.2) is 0 Å². The molecule has 0 unspecified atom stereocenters. The number of nitrogens with one attached hydrogen (secondary N) is 1. The molecular weight excluding hydrogens is 293 g/mol. The van der Waals surface area contributed by atoms with E-state index in [1.165, 1.54) is 0 Å². The van der Waals surface area contributed by atoms with E-state index in [9.17, 15) is 4.39 Å². The number of piperidine rings is 1. The number of hydrogen-bond acceptors (Lipinski definition) is 4. The van der Waals surface area contributed by atoms with Crippen molar-refractivity contribution in [2.24, 2.45) is 7.05 Å². The molecule has 124 valence electrons. The standard InChI is InChI=1S/C17H24FN5/c1-12-10-14(18)4-5-16(12)23-8-6-15(7-9-23)20-13(2)17-21-19-11-22(17)3/h4-5,10-11,13,15,20H,6-9H2,1-3H3/t13-/m0/s1. The summed E-state index contributed by atoms with van der Waals surface area (Å²) in [7, 11) is 1.97. The molecule has 1 aliphatic heterocycles. The van der Waals surface area contributed by atoms with Crippen molar-refractivity contribution >= 4 is 5.69 Å². The molecule has 0 spiro atoms. The van der Waals surface area contributed by atoms with Gasteiger partial charge in [-0.2, -0.15) is 0 Å². The highest BCUT2D eigenvalue weighted by Crippen LogP contribution is 2.25. The van der Waals surface area contributed by atoms with E-state index in [2.05, 4.69) is 27.3 Å². The van der Waals surface area contributed by atoms with Gasteiger partial charge in [0.2, 0.25) is 0 Å². The molecule has 1 fully saturated rings. The summed E-state index contributed by atoms with van der Waals surface area (Å²) < 4.78 is 15.2. The fourth-order valence-corrected chi connectivity index (χ4v) is 3.37. The molecule has 0 saturated carbocycles. The number of hydrogen-bond donors (Lipinski definition) is 1. The second kappa shape index (κ2) is 6.66. The highest BCUT2D eigenvalue weighted by molar-refractivity contribution is 5.53. The zero-order valence-electron chi connectivity index (χ0n) is 14.0. The summed E-state index contributed by atoms with van der Waals surface area (Å²) in [6.45, 7) is 6.06. The molecule has 0 radical (unpaired) electrons. The fraction of sp³-hybridized carbons (Fsp3) is 0.529. The Morgan fingerprint density at radius 3 is 2.65 bits per heavy atom. The third-order valence-electron chi connectivity index (χ3n) is 4.61. The van der Waals surface area contributed by atoms with Crippen molar-refractivity contribution in [2.45, 2.75) is 38.8 Å². The number of halogens is 1. The maximum absolute atomic E-state index is 13.2. The Balaban J connectivity index is 1.57. The first-order chi connectivity index (χ1) is 11.0. The van der Waals surface area contributed by atoms with Crippen LogP contribution < -0.4 is 10.2 Å². The molecule has 3 rings (SSSR count). The summed E-state index contributed by atoms with van der Waals surface area (Å²) in [6.07, 6.45) is 3.87. The third kappa shape index (κ3) is 3.52. The Bertz CT molecular complexity index is 661. The molecule has 1 aliphatic rings. The lowest BCUT2D eigenvalue weighted by Crippen LogP contribution is -2.43. The lowest BCUT2D eigenvalue weighted by Gasteiger charge is -2.36. The molecule has 1 aromatic carbocycles. The SMILES string of the molecule is Cc1cc(F)ccc1N1CCC(N[C@@H](C)c2nncn2C)CC1. The molecule has 0 aliphatic carbocycles. The first-order valence-corrected chi connectivity index (χ1v) is 8.15. The molecule has 1 aromatic heterocycles. The lowest BCUT2D eigenvalue weighted by molar-refractivity contribution is 0.370. The van der Waals surface area contributed by atoms with Gasteiger partial charge in [0.05, 0.1) is 6.04 Å². The molecule has 2 aromatic rings. The molecule has 2 heterocycles. The minimum absolute atomic E-state index is 0.166. The molecule has 1 N–H and O–H groups in total. The van der Waals surface area contributed by atoms with Crippen molar-refractivity contribution in [3.63, 3.8) is 0 Å². The predicted molar refractivity (Wildman–Crippen MR) is 88.9 cm³/mol. The molecule has 0 amide bonds. The van der Waals surface area contributed by atoms with Gasteiger partial charge in [0, 0.05) is 31.9 Å². The van der Waals surface area contributed by atoms with E-state index in [1.54, 1.807) is 18.5 Å². The summed E-state index contributed by atoms with van der Waals surface area (Å²) in [4.78, 5) is 2.35. The summed E-state index contributed by atoms with van der Waals surface area (Å²) in [6, 6.07) is 5.70. The number of aryl methyl sites for hydroxylation is 2. The first-order valence-electron chi connectivity index (χ1n) is 8.15. The normalized spacial score (nSPS) is 17.5. The average Bonchev–Trinajstić information content (AvgIpc) is 2.95. The number of benzene rings is 1. The number of rotatable bonds is 4. The van der Waals surface area contributed by atoms with E-state index in [0.717, 1.165) is 43.0 Å². The Kier molecular flexibility index (Phi) is 4.61. The van der Waals surface area contributed by atoms with Crippen molar-refractivity contribution in [3.05, 3.63) is 41.7 Å². The van der Waals surface area contributed by atoms with Crippen LogP contribution in [-0.2, 0) is 7.05 Å². The van der Waals surface area contributed by atoms with Crippen LogP contribution in [0, 0.1) is 12.7 Å². The van der Waals surface area contributed by atoms with E-state index >= 15 is 0 Å². The van der Waals surface area contributed by atoms with Gasteiger partial charge in [0.25, 0.3) is 0 Å². The van der Waals surface area contributed by atoms with Crippen LogP contribution >= 0.6 is 0 Å². The first kappa shape index (κ1) is 15.9. The van der Waals surface area contributed by atoms with Gasteiger partial charge in [-0.25, -0.2) is 4.39 Å². The van der Waals surface area contributed by atoms with Gasteiger partial charge in [-0.1, -0.05) is 0 Å². The Morgan fingerprint density at radius 1 is 1.30 bits per heavy atom. The van der Waals surface area contributed by atoms with Gasteiger partial charge in [-0.3, -0.25) is 0 Å². The van der Waals surface area contributed by atoms with Gasteiger partial charge >= 0.3 is 0 Å². The lowest BCUT2D eigenvalue weighted by atomic mass is 10.0. The van der Waals surface area contributed by atoms with Crippen molar-refractivity contribution in [2.75, 3.05) is 18.0 Å². The molecule has 1 atom stereocenters. The van der Waals surface area contributed by atoms with Crippen LogP contribution in [-0.4, -0.2) is 33.9 Å². The summed E-state index contributed by atoms with van der Waals surface area (Å²) in [5.74, 6) is 0.794. The zero-order chi connectivity index (χ0) is 16.4. The topological polar surface area (TPSA) is 46.0 Å². The highest BCUT2D eigenvalue weighted by Gasteiger charge is 2.23. The van der Waals surface area contributed by atoms with Crippen LogP contribution in [0.3, 0.4) is 0 Å². The molecule has 1 saturated heterocycles. The fourth-order valence-electron chi connectivity index (χ4n) is 3.37. The average molecular weight is 317 g/mol. The van der Waals surface area contributed by atoms with Gasteiger partial charge < -0.3 is 14.8 Å². The van der Waals surface area contributed by atoms with Crippen molar-refractivity contribution < 1.29 is 4.39 Å². The molecule has 0 bridgehead atoms. The maximum Gasteiger partial charge on any atom is 0.149 e. The summed E-state index contributed by atoms with van der Waals surface area (Å²) in [5, 5.41) is 11.8. The van der Waals surface area contributed by atoms with Crippen LogP contribution in [0.15, 0.2) is 24.5 Å². The Hall–Kier alpha value is -1.95. The van der Waals surface area contributed by atoms with Crippen molar-refractivity contribution in [3.8, 4) is 0 Å². The predicted octanol–water partition coefficient (Wildman–Crippen LogP) is 2.58. The molecular formula is C17H24FN5. The smallest absolute Gasteiger partial charge is 0.149 e. The van der Waals surface area contributed by atoms with Gasteiger partial charge in [-0.15, -0.1) is 10.2 Å².